The second-order valence-electron chi connectivity index (χ2n) is 4.49. The van der Waals surface area contributed by atoms with E-state index in [9.17, 15) is 9.59 Å². The summed E-state index contributed by atoms with van der Waals surface area (Å²) in [5.74, 6) is 0. The largest absolute Gasteiger partial charge is 0.453 e. The molecule has 0 saturated carbocycles. The summed E-state index contributed by atoms with van der Waals surface area (Å²) in [6.45, 7) is 4.02. The molecule has 6 heteroatoms. The van der Waals surface area contributed by atoms with E-state index in [-0.39, 0.29) is 12.1 Å². The monoisotopic (exact) mass is 279 g/mol. The van der Waals surface area contributed by atoms with Gasteiger partial charge in [-0.3, -0.25) is 5.32 Å². The average Bonchev–Trinajstić information content (AvgIpc) is 2.38. The molecule has 1 rings (SSSR count). The predicted molar refractivity (Wildman–Crippen MR) is 79.0 cm³/mol. The summed E-state index contributed by atoms with van der Waals surface area (Å²) in [6.07, 6.45) is 1.39. The first-order chi connectivity index (χ1) is 9.55. The van der Waals surface area contributed by atoms with Gasteiger partial charge in [0.15, 0.2) is 0 Å². The lowest BCUT2D eigenvalue weighted by Crippen LogP contribution is -2.35. The predicted octanol–water partition coefficient (Wildman–Crippen LogP) is 3.18. The minimum Gasteiger partial charge on any atom is -0.453 e. The van der Waals surface area contributed by atoms with E-state index in [1.807, 2.05) is 6.92 Å². The van der Waals surface area contributed by atoms with E-state index < -0.39 is 6.09 Å². The van der Waals surface area contributed by atoms with Crippen LogP contribution < -0.4 is 16.0 Å². The van der Waals surface area contributed by atoms with Gasteiger partial charge in [0.1, 0.15) is 0 Å². The van der Waals surface area contributed by atoms with Crippen molar-refractivity contribution in [2.75, 3.05) is 17.7 Å². The Morgan fingerprint density at radius 3 is 2.50 bits per heavy atom. The van der Waals surface area contributed by atoms with Crippen LogP contribution in [0, 0.1) is 0 Å². The summed E-state index contributed by atoms with van der Waals surface area (Å²) in [5, 5.41) is 8.09. The summed E-state index contributed by atoms with van der Waals surface area (Å²) in [4.78, 5) is 22.9. The van der Waals surface area contributed by atoms with Crippen LogP contribution in [0.1, 0.15) is 26.7 Å². The lowest BCUT2D eigenvalue weighted by molar-refractivity contribution is 0.187. The van der Waals surface area contributed by atoms with Gasteiger partial charge in [0.2, 0.25) is 0 Å². The van der Waals surface area contributed by atoms with Gasteiger partial charge in [-0.25, -0.2) is 9.59 Å². The number of hydrogen-bond acceptors (Lipinski definition) is 3. The van der Waals surface area contributed by atoms with Crippen LogP contribution in [0.3, 0.4) is 0 Å². The Labute approximate surface area is 118 Å². The zero-order chi connectivity index (χ0) is 15.0. The van der Waals surface area contributed by atoms with Crippen LogP contribution in [-0.4, -0.2) is 25.3 Å². The smallest absolute Gasteiger partial charge is 0.411 e. The highest BCUT2D eigenvalue weighted by molar-refractivity contribution is 5.91. The second kappa shape index (κ2) is 8.04. The van der Waals surface area contributed by atoms with E-state index in [1.165, 1.54) is 7.11 Å². The fourth-order valence-corrected chi connectivity index (χ4v) is 1.74. The number of rotatable bonds is 5. The number of hydrogen-bond donors (Lipinski definition) is 3. The molecule has 0 aromatic heterocycles. The second-order valence-corrected chi connectivity index (χ2v) is 4.49. The summed E-state index contributed by atoms with van der Waals surface area (Å²) in [5.41, 5.74) is 1.15. The number of ether oxygens (including phenoxy) is 1. The summed E-state index contributed by atoms with van der Waals surface area (Å²) < 4.78 is 4.50. The van der Waals surface area contributed by atoms with Gasteiger partial charge in [0.05, 0.1) is 7.11 Å². The summed E-state index contributed by atoms with van der Waals surface area (Å²) >= 11 is 0. The van der Waals surface area contributed by atoms with E-state index >= 15 is 0 Å². The number of amides is 3. The highest BCUT2D eigenvalue weighted by Gasteiger charge is 2.07. The highest BCUT2D eigenvalue weighted by Crippen LogP contribution is 2.15. The number of carbonyl (C=O) groups is 2. The van der Waals surface area contributed by atoms with Crippen LogP contribution in [0.25, 0.3) is 0 Å². The molecule has 0 radical (unpaired) electrons. The normalized spacial score (nSPS) is 11.3. The molecule has 0 fully saturated rings. The van der Waals surface area contributed by atoms with E-state index in [1.54, 1.807) is 24.3 Å². The number of anilines is 2. The van der Waals surface area contributed by atoms with Gasteiger partial charge < -0.3 is 15.4 Å². The SMILES string of the molecule is CCC[C@H](C)NC(=O)Nc1cccc(NC(=O)OC)c1. The number of urea groups is 1. The number of methoxy groups -OCH3 is 1. The van der Waals surface area contributed by atoms with Gasteiger partial charge in [-0.2, -0.15) is 0 Å². The molecule has 1 aromatic rings. The molecule has 20 heavy (non-hydrogen) atoms. The first-order valence-corrected chi connectivity index (χ1v) is 6.57. The van der Waals surface area contributed by atoms with Crippen molar-refractivity contribution in [1.82, 2.24) is 5.32 Å². The molecule has 0 spiro atoms. The number of nitrogens with one attached hydrogen (secondary N) is 3. The van der Waals surface area contributed by atoms with E-state index in [2.05, 4.69) is 27.6 Å². The van der Waals surface area contributed by atoms with Gasteiger partial charge in [-0.15, -0.1) is 0 Å². The standard InChI is InChI=1S/C14H21N3O3/c1-4-6-10(2)15-13(18)16-11-7-5-8-12(9-11)17-14(19)20-3/h5,7-10H,4,6H2,1-3H3,(H,17,19)(H2,15,16,18)/t10-/m0/s1. The fraction of sp³-hybridized carbons (Fsp3) is 0.429. The molecule has 1 atom stereocenters. The maximum Gasteiger partial charge on any atom is 0.411 e. The lowest BCUT2D eigenvalue weighted by atomic mass is 10.2. The summed E-state index contributed by atoms with van der Waals surface area (Å²) in [7, 11) is 1.29. The molecule has 3 amide bonds. The van der Waals surface area contributed by atoms with Gasteiger partial charge in [0, 0.05) is 17.4 Å². The fourth-order valence-electron chi connectivity index (χ4n) is 1.74. The Balaban J connectivity index is 2.57. The summed E-state index contributed by atoms with van der Waals surface area (Å²) in [6, 6.07) is 6.70. The van der Waals surface area contributed by atoms with Crippen LogP contribution >= 0.6 is 0 Å². The van der Waals surface area contributed by atoms with Gasteiger partial charge in [-0.05, 0) is 31.5 Å². The van der Waals surface area contributed by atoms with Gasteiger partial charge in [-0.1, -0.05) is 19.4 Å². The topological polar surface area (TPSA) is 79.5 Å². The van der Waals surface area contributed by atoms with Crippen LogP contribution in [0.5, 0.6) is 0 Å². The first-order valence-electron chi connectivity index (χ1n) is 6.57. The van der Waals surface area contributed by atoms with Crippen LogP contribution in [0.2, 0.25) is 0 Å². The Kier molecular flexibility index (Phi) is 6.36. The molecule has 0 unspecified atom stereocenters. The molecule has 6 nitrogen and oxygen atoms in total. The Hall–Kier alpha value is -2.24. The Morgan fingerprint density at radius 1 is 1.25 bits per heavy atom. The molecule has 0 heterocycles. The van der Waals surface area contributed by atoms with Crippen molar-refractivity contribution < 1.29 is 14.3 Å². The maximum atomic E-state index is 11.8. The molecule has 0 aliphatic rings. The third-order valence-corrected chi connectivity index (χ3v) is 2.65. The zero-order valence-corrected chi connectivity index (χ0v) is 12.0. The molecular weight excluding hydrogens is 258 g/mol. The molecule has 0 aliphatic carbocycles. The van der Waals surface area contributed by atoms with Crippen molar-refractivity contribution in [3.63, 3.8) is 0 Å². The maximum absolute atomic E-state index is 11.8. The lowest BCUT2D eigenvalue weighted by Gasteiger charge is -2.14. The minimum absolute atomic E-state index is 0.122. The number of carbonyl (C=O) groups excluding carboxylic acids is 2. The Morgan fingerprint density at radius 2 is 1.90 bits per heavy atom. The van der Waals surface area contributed by atoms with Gasteiger partial charge in [0.25, 0.3) is 0 Å². The van der Waals surface area contributed by atoms with Gasteiger partial charge >= 0.3 is 12.1 Å². The molecule has 110 valence electrons. The van der Waals surface area contributed by atoms with Crippen LogP contribution in [0.15, 0.2) is 24.3 Å². The van der Waals surface area contributed by atoms with Crippen molar-refractivity contribution in [3.8, 4) is 0 Å². The van der Waals surface area contributed by atoms with Crippen molar-refractivity contribution in [1.29, 1.82) is 0 Å². The highest BCUT2D eigenvalue weighted by atomic mass is 16.5. The van der Waals surface area contributed by atoms with E-state index in [0.717, 1.165) is 12.8 Å². The first kappa shape index (κ1) is 15.8. The van der Waals surface area contributed by atoms with E-state index in [4.69, 9.17) is 0 Å². The molecule has 0 saturated heterocycles. The number of benzene rings is 1. The molecule has 1 aromatic carbocycles. The van der Waals surface area contributed by atoms with E-state index in [0.29, 0.717) is 11.4 Å². The average molecular weight is 279 g/mol. The molecule has 0 aliphatic heterocycles. The molecule has 3 N–H and O–H groups in total. The van der Waals surface area contributed by atoms with Crippen molar-refractivity contribution in [2.24, 2.45) is 0 Å². The Bertz CT molecular complexity index is 463. The molecule has 0 bridgehead atoms. The van der Waals surface area contributed by atoms with Crippen LogP contribution in [0.4, 0.5) is 21.0 Å². The van der Waals surface area contributed by atoms with Crippen molar-refractivity contribution >= 4 is 23.5 Å². The third-order valence-electron chi connectivity index (χ3n) is 2.65. The zero-order valence-electron chi connectivity index (χ0n) is 12.0. The quantitative estimate of drug-likeness (QED) is 0.774. The molecular formula is C14H21N3O3. The van der Waals surface area contributed by atoms with Crippen LogP contribution in [-0.2, 0) is 4.74 Å². The van der Waals surface area contributed by atoms with Crippen molar-refractivity contribution in [2.45, 2.75) is 32.7 Å². The van der Waals surface area contributed by atoms with Crippen molar-refractivity contribution in [3.05, 3.63) is 24.3 Å². The minimum atomic E-state index is -0.553. The third kappa shape index (κ3) is 5.60.